The summed E-state index contributed by atoms with van der Waals surface area (Å²) >= 11 is 0. The van der Waals surface area contributed by atoms with Crippen molar-refractivity contribution in [3.63, 3.8) is 0 Å². The van der Waals surface area contributed by atoms with Gasteiger partial charge in [0.15, 0.2) is 5.69 Å². The van der Waals surface area contributed by atoms with Gasteiger partial charge in [0.1, 0.15) is 17.8 Å². The molecule has 0 unspecified atom stereocenters. The Morgan fingerprint density at radius 3 is 2.37 bits per heavy atom. The molecule has 0 aliphatic heterocycles. The highest BCUT2D eigenvalue weighted by atomic mass is 16.5. The number of hydrogen-bond donors (Lipinski definition) is 1. The van der Waals surface area contributed by atoms with Gasteiger partial charge in [0.05, 0.1) is 6.54 Å². The number of nitrogens with one attached hydrogen (secondary N) is 1. The Hall–Kier alpha value is -5.14. The fourth-order valence-electron chi connectivity index (χ4n) is 5.22. The molecule has 7 nitrogen and oxygen atoms in total. The van der Waals surface area contributed by atoms with Crippen molar-refractivity contribution >= 4 is 16.8 Å². The van der Waals surface area contributed by atoms with E-state index in [2.05, 4.69) is 51.4 Å². The van der Waals surface area contributed by atoms with E-state index < -0.39 is 0 Å². The lowest BCUT2D eigenvalue weighted by molar-refractivity contribution is 0.0779. The number of hydrogen-bond acceptors (Lipinski definition) is 5. The zero-order valence-electron chi connectivity index (χ0n) is 24.1. The third kappa shape index (κ3) is 7.20. The molecule has 216 valence electrons. The van der Waals surface area contributed by atoms with Crippen LogP contribution in [0.5, 0.6) is 11.5 Å². The van der Waals surface area contributed by atoms with Crippen LogP contribution in [-0.2, 0) is 26.1 Å². The van der Waals surface area contributed by atoms with Gasteiger partial charge >= 0.3 is 0 Å². The van der Waals surface area contributed by atoms with Crippen LogP contribution in [0.3, 0.4) is 0 Å². The van der Waals surface area contributed by atoms with E-state index >= 15 is 0 Å². The van der Waals surface area contributed by atoms with Gasteiger partial charge in [0.25, 0.3) is 5.91 Å². The van der Waals surface area contributed by atoms with Crippen LogP contribution in [-0.4, -0.2) is 39.3 Å². The lowest BCUT2D eigenvalue weighted by Gasteiger charge is -2.21. The number of amides is 1. The molecule has 4 aromatic carbocycles. The summed E-state index contributed by atoms with van der Waals surface area (Å²) in [5.74, 6) is 1.91. The number of aromatic nitrogens is 2. The third-order valence-electron chi connectivity index (χ3n) is 7.39. The topological polar surface area (TPSA) is 74.6 Å². The van der Waals surface area contributed by atoms with E-state index in [-0.39, 0.29) is 5.91 Å². The van der Waals surface area contributed by atoms with E-state index in [1.165, 1.54) is 17.2 Å². The van der Waals surface area contributed by atoms with Crippen molar-refractivity contribution in [3.05, 3.63) is 150 Å². The Morgan fingerprint density at radius 1 is 0.814 bits per heavy atom. The van der Waals surface area contributed by atoms with Crippen molar-refractivity contribution in [1.82, 2.24) is 19.8 Å². The van der Waals surface area contributed by atoms with Gasteiger partial charge in [-0.05, 0) is 53.4 Å². The minimum Gasteiger partial charge on any atom is -0.457 e. The number of carbonyl (C=O) groups excluding carboxylic acids is 1. The molecule has 0 fully saturated rings. The molecule has 0 saturated carbocycles. The number of fused-ring (bicyclic) bond motifs is 1. The van der Waals surface area contributed by atoms with Gasteiger partial charge < -0.3 is 19.0 Å². The van der Waals surface area contributed by atoms with Crippen LogP contribution >= 0.6 is 0 Å². The predicted molar refractivity (Wildman–Crippen MR) is 168 cm³/mol. The average molecular weight is 571 g/mol. The Balaban J connectivity index is 1.18. The van der Waals surface area contributed by atoms with Crippen molar-refractivity contribution in [2.45, 2.75) is 26.1 Å². The quantitative estimate of drug-likeness (QED) is 0.165. The predicted octanol–water partition coefficient (Wildman–Crippen LogP) is 7.47. The summed E-state index contributed by atoms with van der Waals surface area (Å²) in [6.07, 6.45) is 4.39. The summed E-state index contributed by atoms with van der Waals surface area (Å²) in [5.41, 5.74) is 4.86. The first-order valence-corrected chi connectivity index (χ1v) is 14.4. The second kappa shape index (κ2) is 13.2. The van der Waals surface area contributed by atoms with Crippen LogP contribution in [0.2, 0.25) is 0 Å². The molecular formula is C36H34N4O3. The number of H-pyrrole nitrogens is 1. The van der Waals surface area contributed by atoms with Crippen molar-refractivity contribution in [3.8, 4) is 11.5 Å². The van der Waals surface area contributed by atoms with Gasteiger partial charge in [-0.25, -0.2) is 4.98 Å². The number of para-hydroxylation sites is 2. The maximum atomic E-state index is 13.1. The van der Waals surface area contributed by atoms with Crippen LogP contribution in [0.25, 0.3) is 10.9 Å². The largest absolute Gasteiger partial charge is 0.457 e. The standard InChI is InChI=1S/C36H34N4O3/c1-39(23-27-11-4-2-5-12-27)36(41)34-26-42-35(38-34)25-40(20-19-29-22-37-33-18-9-8-17-32(29)33)24-28-13-10-16-31(21-28)43-30-14-6-3-7-15-30/h2-18,21-22,26,37H,19-20,23-25H2,1H3. The molecule has 2 aromatic heterocycles. The zero-order chi connectivity index (χ0) is 29.4. The lowest BCUT2D eigenvalue weighted by Crippen LogP contribution is -2.27. The van der Waals surface area contributed by atoms with Gasteiger partial charge in [0, 0.05) is 43.8 Å². The highest BCUT2D eigenvalue weighted by Crippen LogP contribution is 2.24. The molecule has 1 N–H and O–H groups in total. The summed E-state index contributed by atoms with van der Waals surface area (Å²) in [7, 11) is 1.78. The van der Waals surface area contributed by atoms with Crippen LogP contribution in [0, 0.1) is 0 Å². The van der Waals surface area contributed by atoms with Crippen LogP contribution < -0.4 is 4.74 Å². The van der Waals surface area contributed by atoms with Gasteiger partial charge in [-0.2, -0.15) is 0 Å². The Kier molecular flexibility index (Phi) is 8.61. The molecular weight excluding hydrogens is 536 g/mol. The van der Waals surface area contributed by atoms with Crippen molar-refractivity contribution in [1.29, 1.82) is 0 Å². The number of benzene rings is 4. The van der Waals surface area contributed by atoms with E-state index in [1.807, 2.05) is 78.9 Å². The van der Waals surface area contributed by atoms with E-state index in [0.717, 1.165) is 41.1 Å². The smallest absolute Gasteiger partial charge is 0.275 e. The first-order valence-electron chi connectivity index (χ1n) is 14.4. The molecule has 6 aromatic rings. The molecule has 0 aliphatic carbocycles. The number of carbonyl (C=O) groups is 1. The molecule has 43 heavy (non-hydrogen) atoms. The lowest BCUT2D eigenvalue weighted by atomic mass is 10.1. The summed E-state index contributed by atoms with van der Waals surface area (Å²) in [4.78, 5) is 25.0. The monoisotopic (exact) mass is 570 g/mol. The average Bonchev–Trinajstić information content (AvgIpc) is 3.68. The number of oxazole rings is 1. The second-order valence-corrected chi connectivity index (χ2v) is 10.7. The Morgan fingerprint density at radius 2 is 1.53 bits per heavy atom. The second-order valence-electron chi connectivity index (χ2n) is 10.7. The molecule has 0 aliphatic rings. The molecule has 2 heterocycles. The van der Waals surface area contributed by atoms with Crippen molar-refractivity contribution in [2.24, 2.45) is 0 Å². The molecule has 7 heteroatoms. The summed E-state index contributed by atoms with van der Waals surface area (Å²) < 4.78 is 11.9. The molecule has 6 rings (SSSR count). The van der Waals surface area contributed by atoms with E-state index in [0.29, 0.717) is 31.2 Å². The number of ether oxygens (including phenoxy) is 1. The van der Waals surface area contributed by atoms with Gasteiger partial charge in [-0.1, -0.05) is 78.9 Å². The number of aromatic amines is 1. The van der Waals surface area contributed by atoms with E-state index in [4.69, 9.17) is 9.15 Å². The van der Waals surface area contributed by atoms with Crippen LogP contribution in [0.1, 0.15) is 33.1 Å². The first-order chi connectivity index (χ1) is 21.1. The molecule has 0 spiro atoms. The highest BCUT2D eigenvalue weighted by Gasteiger charge is 2.19. The molecule has 0 radical (unpaired) electrons. The van der Waals surface area contributed by atoms with Crippen molar-refractivity contribution < 1.29 is 13.9 Å². The van der Waals surface area contributed by atoms with Gasteiger partial charge in [-0.15, -0.1) is 0 Å². The number of rotatable bonds is 12. The number of nitrogens with zero attached hydrogens (tertiary/aromatic N) is 3. The van der Waals surface area contributed by atoms with Crippen molar-refractivity contribution in [2.75, 3.05) is 13.6 Å². The highest BCUT2D eigenvalue weighted by molar-refractivity contribution is 5.91. The molecule has 0 atom stereocenters. The summed E-state index contributed by atoms with van der Waals surface area (Å²) in [6.45, 7) is 2.39. The van der Waals surface area contributed by atoms with Gasteiger partial charge in [-0.3, -0.25) is 9.69 Å². The summed E-state index contributed by atoms with van der Waals surface area (Å²) in [5, 5.41) is 1.23. The molecule has 0 bridgehead atoms. The first kappa shape index (κ1) is 28.0. The molecule has 1 amide bonds. The van der Waals surface area contributed by atoms with Crippen LogP contribution in [0.4, 0.5) is 0 Å². The Labute approximate surface area is 251 Å². The zero-order valence-corrected chi connectivity index (χ0v) is 24.1. The maximum Gasteiger partial charge on any atom is 0.275 e. The fourth-order valence-corrected chi connectivity index (χ4v) is 5.22. The minimum absolute atomic E-state index is 0.171. The fraction of sp³-hybridized carbons (Fsp3) is 0.167. The van der Waals surface area contributed by atoms with E-state index in [1.54, 1.807) is 11.9 Å². The minimum atomic E-state index is -0.171. The van der Waals surface area contributed by atoms with Crippen LogP contribution in [0.15, 0.2) is 126 Å². The third-order valence-corrected chi connectivity index (χ3v) is 7.39. The normalized spacial score (nSPS) is 11.2. The van der Waals surface area contributed by atoms with Gasteiger partial charge in [0.2, 0.25) is 5.89 Å². The van der Waals surface area contributed by atoms with E-state index in [9.17, 15) is 4.79 Å². The summed E-state index contributed by atoms with van der Waals surface area (Å²) in [6, 6.07) is 36.2. The SMILES string of the molecule is CN(Cc1ccccc1)C(=O)c1coc(CN(CCc2c[nH]c3ccccc23)Cc2cccc(Oc3ccccc3)c2)n1. The Bertz CT molecular complexity index is 1780. The maximum absolute atomic E-state index is 13.1. The molecule has 0 saturated heterocycles.